The summed E-state index contributed by atoms with van der Waals surface area (Å²) in [6.07, 6.45) is 5.13. The van der Waals surface area contributed by atoms with Crippen molar-refractivity contribution in [2.45, 2.75) is 38.6 Å². The van der Waals surface area contributed by atoms with E-state index < -0.39 is 0 Å². The number of unbranched alkanes of at least 4 members (excludes halogenated alkanes) is 1. The molecule has 1 fully saturated rings. The van der Waals surface area contributed by atoms with E-state index in [2.05, 4.69) is 6.92 Å². The third kappa shape index (κ3) is 2.33. The monoisotopic (exact) mass is 128 g/mol. The maximum absolute atomic E-state index is 5.70. The summed E-state index contributed by atoms with van der Waals surface area (Å²) < 4.78 is 0. The van der Waals surface area contributed by atoms with Gasteiger partial charge in [0.1, 0.15) is 0 Å². The molecule has 9 heavy (non-hydrogen) atoms. The zero-order chi connectivity index (χ0) is 6.69. The molecule has 0 atom stereocenters. The Balaban J connectivity index is 1.96. The molecule has 0 aliphatic heterocycles. The predicted molar refractivity (Wildman–Crippen MR) is 38.8 cm³/mol. The van der Waals surface area contributed by atoms with Crippen LogP contribution in [0.2, 0.25) is 0 Å². The van der Waals surface area contributed by atoms with E-state index in [-0.39, 0.29) is 0 Å². The molecule has 1 rings (SSSR count). The molecule has 0 aromatic heterocycles. The standard InChI is InChI=1S/C7H16N2/c1-2-3-6-9(8)7-4-5-7/h7H,2-6,8H2,1H3. The predicted octanol–water partition coefficient (Wildman–Crippen LogP) is 1.12. The minimum Gasteiger partial charge on any atom is -0.269 e. The Morgan fingerprint density at radius 1 is 1.56 bits per heavy atom. The number of hydrazine groups is 1. The maximum Gasteiger partial charge on any atom is 0.0242 e. The zero-order valence-electron chi connectivity index (χ0n) is 6.14. The second kappa shape index (κ2) is 3.18. The van der Waals surface area contributed by atoms with Crippen LogP contribution in [0, 0.1) is 0 Å². The van der Waals surface area contributed by atoms with Gasteiger partial charge in [-0.25, -0.2) is 5.01 Å². The molecular formula is C7H16N2. The summed E-state index contributed by atoms with van der Waals surface area (Å²) in [5.74, 6) is 5.70. The van der Waals surface area contributed by atoms with Crippen LogP contribution in [0.5, 0.6) is 0 Å². The fraction of sp³-hybridized carbons (Fsp3) is 1.00. The van der Waals surface area contributed by atoms with Crippen molar-refractivity contribution < 1.29 is 0 Å². The smallest absolute Gasteiger partial charge is 0.0242 e. The van der Waals surface area contributed by atoms with Crippen molar-refractivity contribution in [3.8, 4) is 0 Å². The first-order valence-electron chi connectivity index (χ1n) is 3.86. The van der Waals surface area contributed by atoms with Crippen LogP contribution in [0.1, 0.15) is 32.6 Å². The maximum atomic E-state index is 5.70. The SMILES string of the molecule is CCCCN(N)C1CC1. The van der Waals surface area contributed by atoms with E-state index in [0.717, 1.165) is 12.6 Å². The third-order valence-electron chi connectivity index (χ3n) is 1.79. The van der Waals surface area contributed by atoms with Gasteiger partial charge in [0.15, 0.2) is 0 Å². The Morgan fingerprint density at radius 2 is 2.22 bits per heavy atom. The number of hydrogen-bond donors (Lipinski definition) is 1. The Kier molecular flexibility index (Phi) is 2.49. The number of nitrogens with two attached hydrogens (primary N) is 1. The van der Waals surface area contributed by atoms with E-state index in [9.17, 15) is 0 Å². The zero-order valence-corrected chi connectivity index (χ0v) is 6.14. The first-order valence-corrected chi connectivity index (χ1v) is 3.86. The van der Waals surface area contributed by atoms with Crippen LogP contribution < -0.4 is 5.84 Å². The lowest BCUT2D eigenvalue weighted by Crippen LogP contribution is -2.33. The average Bonchev–Trinajstić information content (AvgIpc) is 2.63. The van der Waals surface area contributed by atoms with Crippen LogP contribution in [0.3, 0.4) is 0 Å². The largest absolute Gasteiger partial charge is 0.269 e. The number of nitrogens with zero attached hydrogens (tertiary/aromatic N) is 1. The van der Waals surface area contributed by atoms with Gasteiger partial charge < -0.3 is 0 Å². The minimum atomic E-state index is 0.733. The quantitative estimate of drug-likeness (QED) is 0.454. The van der Waals surface area contributed by atoms with Crippen LogP contribution in [-0.4, -0.2) is 17.6 Å². The molecule has 1 aliphatic rings. The molecule has 1 aliphatic carbocycles. The molecule has 2 N–H and O–H groups in total. The summed E-state index contributed by atoms with van der Waals surface area (Å²) in [5.41, 5.74) is 0. The van der Waals surface area contributed by atoms with Crippen molar-refractivity contribution in [1.82, 2.24) is 5.01 Å². The minimum absolute atomic E-state index is 0.733. The summed E-state index contributed by atoms with van der Waals surface area (Å²) in [7, 11) is 0. The van der Waals surface area contributed by atoms with Gasteiger partial charge in [0.2, 0.25) is 0 Å². The second-order valence-electron chi connectivity index (χ2n) is 2.82. The van der Waals surface area contributed by atoms with E-state index in [1.165, 1.54) is 25.7 Å². The van der Waals surface area contributed by atoms with Gasteiger partial charge in [-0.2, -0.15) is 0 Å². The van der Waals surface area contributed by atoms with Crippen molar-refractivity contribution in [2.75, 3.05) is 6.54 Å². The molecule has 0 saturated heterocycles. The van der Waals surface area contributed by atoms with E-state index >= 15 is 0 Å². The topological polar surface area (TPSA) is 29.3 Å². The van der Waals surface area contributed by atoms with E-state index in [4.69, 9.17) is 5.84 Å². The van der Waals surface area contributed by atoms with Gasteiger partial charge >= 0.3 is 0 Å². The molecule has 1 saturated carbocycles. The lowest BCUT2D eigenvalue weighted by Gasteiger charge is -2.13. The highest BCUT2D eigenvalue weighted by atomic mass is 15.4. The fourth-order valence-corrected chi connectivity index (χ4v) is 0.929. The summed E-state index contributed by atoms with van der Waals surface area (Å²) >= 11 is 0. The molecule has 0 radical (unpaired) electrons. The summed E-state index contributed by atoms with van der Waals surface area (Å²) in [6.45, 7) is 3.28. The van der Waals surface area contributed by atoms with Crippen molar-refractivity contribution in [1.29, 1.82) is 0 Å². The molecule has 0 aromatic rings. The molecule has 2 nitrogen and oxygen atoms in total. The molecular weight excluding hydrogens is 112 g/mol. The highest BCUT2D eigenvalue weighted by Gasteiger charge is 2.25. The van der Waals surface area contributed by atoms with E-state index in [0.29, 0.717) is 0 Å². The molecule has 0 aromatic carbocycles. The summed E-state index contributed by atoms with van der Waals surface area (Å²) in [4.78, 5) is 0. The van der Waals surface area contributed by atoms with Crippen LogP contribution in [0.15, 0.2) is 0 Å². The fourth-order valence-electron chi connectivity index (χ4n) is 0.929. The van der Waals surface area contributed by atoms with Crippen LogP contribution >= 0.6 is 0 Å². The average molecular weight is 128 g/mol. The van der Waals surface area contributed by atoms with Crippen molar-refractivity contribution in [2.24, 2.45) is 5.84 Å². The Bertz CT molecular complexity index is 79.0. The van der Waals surface area contributed by atoms with Crippen molar-refractivity contribution in [3.63, 3.8) is 0 Å². The van der Waals surface area contributed by atoms with Gasteiger partial charge in [0, 0.05) is 12.6 Å². The van der Waals surface area contributed by atoms with Crippen LogP contribution in [-0.2, 0) is 0 Å². The Labute approximate surface area is 57.0 Å². The highest BCUT2D eigenvalue weighted by Crippen LogP contribution is 2.23. The first-order chi connectivity index (χ1) is 4.34. The Morgan fingerprint density at radius 3 is 2.67 bits per heavy atom. The Hall–Kier alpha value is -0.0800. The summed E-state index contributed by atoms with van der Waals surface area (Å²) in [6, 6.07) is 0.733. The van der Waals surface area contributed by atoms with E-state index in [1.54, 1.807) is 0 Å². The lowest BCUT2D eigenvalue weighted by atomic mass is 10.3. The molecule has 54 valence electrons. The highest BCUT2D eigenvalue weighted by molar-refractivity contribution is 4.80. The van der Waals surface area contributed by atoms with Crippen molar-refractivity contribution in [3.05, 3.63) is 0 Å². The second-order valence-corrected chi connectivity index (χ2v) is 2.82. The van der Waals surface area contributed by atoms with Gasteiger partial charge in [0.25, 0.3) is 0 Å². The molecule has 0 spiro atoms. The van der Waals surface area contributed by atoms with E-state index in [1.807, 2.05) is 5.01 Å². The molecule has 0 unspecified atom stereocenters. The van der Waals surface area contributed by atoms with Gasteiger partial charge in [-0.05, 0) is 19.3 Å². The van der Waals surface area contributed by atoms with Crippen molar-refractivity contribution >= 4 is 0 Å². The number of rotatable bonds is 4. The normalized spacial score (nSPS) is 19.0. The summed E-state index contributed by atoms with van der Waals surface area (Å²) in [5, 5.41) is 1.99. The van der Waals surface area contributed by atoms with Gasteiger partial charge in [-0.15, -0.1) is 0 Å². The third-order valence-corrected chi connectivity index (χ3v) is 1.79. The van der Waals surface area contributed by atoms with Gasteiger partial charge in [0.05, 0.1) is 0 Å². The lowest BCUT2D eigenvalue weighted by molar-refractivity contribution is 0.268. The van der Waals surface area contributed by atoms with Crippen LogP contribution in [0.4, 0.5) is 0 Å². The molecule has 0 heterocycles. The first kappa shape index (κ1) is 7.03. The van der Waals surface area contributed by atoms with Gasteiger partial charge in [-0.3, -0.25) is 5.84 Å². The molecule has 0 bridgehead atoms. The van der Waals surface area contributed by atoms with Gasteiger partial charge in [-0.1, -0.05) is 13.3 Å². The van der Waals surface area contributed by atoms with Crippen LogP contribution in [0.25, 0.3) is 0 Å². The molecule has 2 heteroatoms. The molecule has 0 amide bonds. The number of hydrogen-bond acceptors (Lipinski definition) is 2.